The first kappa shape index (κ1) is 6.05. The topological polar surface area (TPSA) is 32.8 Å². The van der Waals surface area contributed by atoms with Gasteiger partial charge in [-0.25, -0.2) is 0 Å². The quantitative estimate of drug-likeness (QED) is 0.507. The van der Waals surface area contributed by atoms with Crippen LogP contribution in [0.4, 0.5) is 0 Å². The molecule has 1 aliphatic heterocycles. The molecule has 0 aromatic rings. The van der Waals surface area contributed by atoms with Crippen molar-refractivity contribution >= 4 is 0 Å². The molecule has 0 radical (unpaired) electrons. The first-order valence-electron chi connectivity index (χ1n) is 2.90. The summed E-state index contributed by atoms with van der Waals surface area (Å²) in [5, 5.41) is 8.90. The Morgan fingerprint density at radius 1 is 1.62 bits per heavy atom. The Morgan fingerprint density at radius 3 is 2.00 bits per heavy atom. The first-order valence-corrected chi connectivity index (χ1v) is 2.90. The SMILES string of the molecule is C[C@H](O)C1OC1(C)C. The van der Waals surface area contributed by atoms with Crippen molar-refractivity contribution in [3.63, 3.8) is 0 Å². The van der Waals surface area contributed by atoms with E-state index in [1.165, 1.54) is 0 Å². The summed E-state index contributed by atoms with van der Waals surface area (Å²) in [7, 11) is 0. The van der Waals surface area contributed by atoms with Gasteiger partial charge in [-0.3, -0.25) is 0 Å². The third-order valence-electron chi connectivity index (χ3n) is 1.50. The highest BCUT2D eigenvalue weighted by Gasteiger charge is 2.50. The van der Waals surface area contributed by atoms with E-state index in [0.717, 1.165) is 0 Å². The van der Waals surface area contributed by atoms with E-state index in [9.17, 15) is 0 Å². The van der Waals surface area contributed by atoms with Gasteiger partial charge in [0.15, 0.2) is 0 Å². The van der Waals surface area contributed by atoms with Gasteiger partial charge in [-0.1, -0.05) is 0 Å². The molecular formula is C6H12O2. The van der Waals surface area contributed by atoms with Crippen LogP contribution in [0.2, 0.25) is 0 Å². The van der Waals surface area contributed by atoms with Gasteiger partial charge < -0.3 is 9.84 Å². The molecule has 1 saturated heterocycles. The molecule has 2 atom stereocenters. The number of ether oxygens (including phenoxy) is 1. The van der Waals surface area contributed by atoms with Gasteiger partial charge in [0, 0.05) is 0 Å². The Balaban J connectivity index is 2.37. The monoisotopic (exact) mass is 116 g/mol. The number of aliphatic hydroxyl groups excluding tert-OH is 1. The van der Waals surface area contributed by atoms with Gasteiger partial charge >= 0.3 is 0 Å². The summed E-state index contributed by atoms with van der Waals surface area (Å²) in [5.74, 6) is 0. The molecule has 1 unspecified atom stereocenters. The Bertz CT molecular complexity index is 96.7. The maximum absolute atomic E-state index is 8.90. The molecule has 1 fully saturated rings. The molecule has 0 saturated carbocycles. The standard InChI is InChI=1S/C6H12O2/c1-4(7)5-6(2,3)8-5/h4-5,7H,1-3H3/t4-,5?/m0/s1. The third-order valence-corrected chi connectivity index (χ3v) is 1.50. The van der Waals surface area contributed by atoms with Crippen molar-refractivity contribution < 1.29 is 9.84 Å². The van der Waals surface area contributed by atoms with E-state index in [4.69, 9.17) is 9.84 Å². The van der Waals surface area contributed by atoms with E-state index in [0.29, 0.717) is 0 Å². The highest BCUT2D eigenvalue weighted by atomic mass is 16.6. The molecule has 0 spiro atoms. The van der Waals surface area contributed by atoms with E-state index in [1.54, 1.807) is 6.92 Å². The number of hydrogen-bond donors (Lipinski definition) is 1. The zero-order chi connectivity index (χ0) is 6.36. The van der Waals surface area contributed by atoms with Gasteiger partial charge in [0.2, 0.25) is 0 Å². The van der Waals surface area contributed by atoms with Crippen LogP contribution in [0.25, 0.3) is 0 Å². The van der Waals surface area contributed by atoms with Crippen LogP contribution in [0.1, 0.15) is 20.8 Å². The van der Waals surface area contributed by atoms with Crippen molar-refractivity contribution in [1.82, 2.24) is 0 Å². The molecule has 0 aliphatic carbocycles. The third kappa shape index (κ3) is 0.858. The van der Waals surface area contributed by atoms with Gasteiger partial charge in [0.1, 0.15) is 6.10 Å². The van der Waals surface area contributed by atoms with Crippen LogP contribution in [0.15, 0.2) is 0 Å². The highest BCUT2D eigenvalue weighted by Crippen LogP contribution is 2.37. The number of rotatable bonds is 1. The summed E-state index contributed by atoms with van der Waals surface area (Å²) < 4.78 is 5.12. The summed E-state index contributed by atoms with van der Waals surface area (Å²) in [6.07, 6.45) is -0.243. The molecule has 0 bridgehead atoms. The lowest BCUT2D eigenvalue weighted by atomic mass is 10.1. The average molecular weight is 116 g/mol. The van der Waals surface area contributed by atoms with Gasteiger partial charge in [-0.15, -0.1) is 0 Å². The zero-order valence-electron chi connectivity index (χ0n) is 5.51. The Kier molecular flexibility index (Phi) is 1.10. The molecule has 0 aromatic heterocycles. The minimum absolute atomic E-state index is 0.0613. The molecule has 1 aliphatic rings. The van der Waals surface area contributed by atoms with Crippen LogP contribution in [-0.4, -0.2) is 22.9 Å². The largest absolute Gasteiger partial charge is 0.391 e. The smallest absolute Gasteiger partial charge is 0.112 e. The van der Waals surface area contributed by atoms with Crippen molar-refractivity contribution in [2.75, 3.05) is 0 Å². The molecule has 2 heteroatoms. The number of epoxide rings is 1. The van der Waals surface area contributed by atoms with E-state index in [-0.39, 0.29) is 17.8 Å². The van der Waals surface area contributed by atoms with Crippen LogP contribution in [0.5, 0.6) is 0 Å². The fraction of sp³-hybridized carbons (Fsp3) is 1.00. The molecule has 0 amide bonds. The summed E-state index contributed by atoms with van der Waals surface area (Å²) in [6, 6.07) is 0. The summed E-state index contributed by atoms with van der Waals surface area (Å²) in [6.45, 7) is 5.70. The molecule has 2 nitrogen and oxygen atoms in total. The first-order chi connectivity index (χ1) is 3.54. The fourth-order valence-corrected chi connectivity index (χ4v) is 0.973. The van der Waals surface area contributed by atoms with Crippen LogP contribution in [0, 0.1) is 0 Å². The van der Waals surface area contributed by atoms with Crippen molar-refractivity contribution in [2.24, 2.45) is 0 Å². The maximum Gasteiger partial charge on any atom is 0.112 e. The lowest BCUT2D eigenvalue weighted by Crippen LogP contribution is -2.15. The highest BCUT2D eigenvalue weighted by molar-refractivity contribution is 4.97. The average Bonchev–Trinajstić information content (AvgIpc) is 2.13. The van der Waals surface area contributed by atoms with Crippen molar-refractivity contribution in [3.8, 4) is 0 Å². The Hall–Kier alpha value is -0.0800. The van der Waals surface area contributed by atoms with Crippen LogP contribution in [0.3, 0.4) is 0 Å². The van der Waals surface area contributed by atoms with E-state index in [2.05, 4.69) is 0 Å². The molecule has 1 N–H and O–H groups in total. The van der Waals surface area contributed by atoms with E-state index in [1.807, 2.05) is 13.8 Å². The van der Waals surface area contributed by atoms with Crippen molar-refractivity contribution in [1.29, 1.82) is 0 Å². The molecule has 1 rings (SSSR count). The van der Waals surface area contributed by atoms with Crippen LogP contribution < -0.4 is 0 Å². The van der Waals surface area contributed by atoms with Gasteiger partial charge in [0.05, 0.1) is 11.7 Å². The summed E-state index contributed by atoms with van der Waals surface area (Å²) >= 11 is 0. The van der Waals surface area contributed by atoms with Crippen molar-refractivity contribution in [2.45, 2.75) is 38.6 Å². The van der Waals surface area contributed by atoms with Gasteiger partial charge in [-0.05, 0) is 20.8 Å². The minimum atomic E-state index is -0.315. The summed E-state index contributed by atoms with van der Waals surface area (Å²) in [5.41, 5.74) is -0.0613. The minimum Gasteiger partial charge on any atom is -0.391 e. The van der Waals surface area contributed by atoms with Crippen LogP contribution in [-0.2, 0) is 4.74 Å². The Labute approximate surface area is 49.5 Å². The van der Waals surface area contributed by atoms with Crippen molar-refractivity contribution in [3.05, 3.63) is 0 Å². The molecule has 8 heavy (non-hydrogen) atoms. The summed E-state index contributed by atoms with van der Waals surface area (Å²) in [4.78, 5) is 0. The zero-order valence-corrected chi connectivity index (χ0v) is 5.51. The van der Waals surface area contributed by atoms with E-state index >= 15 is 0 Å². The number of hydrogen-bond acceptors (Lipinski definition) is 2. The second-order valence-electron chi connectivity index (χ2n) is 2.88. The molecule has 48 valence electrons. The lowest BCUT2D eigenvalue weighted by molar-refractivity contribution is 0.152. The normalized spacial score (nSPS) is 36.8. The second kappa shape index (κ2) is 1.45. The van der Waals surface area contributed by atoms with Gasteiger partial charge in [0.25, 0.3) is 0 Å². The molecule has 1 heterocycles. The lowest BCUT2D eigenvalue weighted by Gasteiger charge is -1.97. The Morgan fingerprint density at radius 2 is 2.00 bits per heavy atom. The predicted octanol–water partition coefficient (Wildman–Crippen LogP) is 0.545. The molecule has 0 aromatic carbocycles. The predicted molar refractivity (Wildman–Crippen MR) is 30.6 cm³/mol. The van der Waals surface area contributed by atoms with E-state index < -0.39 is 0 Å². The fourth-order valence-electron chi connectivity index (χ4n) is 0.973. The maximum atomic E-state index is 8.90. The molecular weight excluding hydrogens is 104 g/mol. The van der Waals surface area contributed by atoms with Crippen LogP contribution >= 0.6 is 0 Å². The second-order valence-corrected chi connectivity index (χ2v) is 2.88. The van der Waals surface area contributed by atoms with Gasteiger partial charge in [-0.2, -0.15) is 0 Å². The number of aliphatic hydroxyl groups is 1.